The molecule has 1 atom stereocenters. The van der Waals surface area contributed by atoms with Gasteiger partial charge in [-0.05, 0) is 37.0 Å². The van der Waals surface area contributed by atoms with E-state index in [1.54, 1.807) is 13.0 Å². The molecule has 1 N–H and O–H groups in total. The first kappa shape index (κ1) is 19.8. The summed E-state index contributed by atoms with van der Waals surface area (Å²) in [7, 11) is 0. The number of rotatable bonds is 3. The molecule has 5 rings (SSSR count). The van der Waals surface area contributed by atoms with Crippen LogP contribution in [0.2, 0.25) is 0 Å². The van der Waals surface area contributed by atoms with E-state index in [1.165, 1.54) is 12.1 Å². The van der Waals surface area contributed by atoms with E-state index in [9.17, 15) is 13.6 Å². The number of hydrogen-bond acceptors (Lipinski definition) is 6. The Morgan fingerprint density at radius 2 is 1.87 bits per heavy atom. The number of hydrogen-bond donors (Lipinski definition) is 1. The highest BCUT2D eigenvalue weighted by Crippen LogP contribution is 2.50. The SMILES string of the molecule is CC1(C)CCN(c2cccc(NC(=O)[C@@]3(C)COc4cc5c(cc43)OC(F)(F)O5)n2)C1. The van der Waals surface area contributed by atoms with Gasteiger partial charge in [0.05, 0.1) is 0 Å². The van der Waals surface area contributed by atoms with Crippen LogP contribution in [0.5, 0.6) is 17.2 Å². The first-order valence-electron chi connectivity index (χ1n) is 10.2. The van der Waals surface area contributed by atoms with Gasteiger partial charge in [0.1, 0.15) is 29.4 Å². The number of carbonyl (C=O) groups excluding carboxylic acids is 1. The van der Waals surface area contributed by atoms with Gasteiger partial charge in [-0.1, -0.05) is 19.9 Å². The van der Waals surface area contributed by atoms with Crippen molar-refractivity contribution in [2.24, 2.45) is 5.41 Å². The third-order valence-corrected chi connectivity index (χ3v) is 6.09. The minimum absolute atomic E-state index is 0.0630. The van der Waals surface area contributed by atoms with Gasteiger partial charge in [0.15, 0.2) is 11.5 Å². The van der Waals surface area contributed by atoms with Crippen LogP contribution in [0.3, 0.4) is 0 Å². The van der Waals surface area contributed by atoms with Crippen LogP contribution in [-0.2, 0) is 10.2 Å². The number of halogens is 2. The third-order valence-electron chi connectivity index (χ3n) is 6.09. The summed E-state index contributed by atoms with van der Waals surface area (Å²) in [5, 5.41) is 2.86. The van der Waals surface area contributed by atoms with Gasteiger partial charge in [0, 0.05) is 24.7 Å². The molecule has 7 nitrogen and oxygen atoms in total. The van der Waals surface area contributed by atoms with Gasteiger partial charge in [0.25, 0.3) is 0 Å². The second kappa shape index (κ2) is 6.45. The Bertz CT molecular complexity index is 1070. The lowest BCUT2D eigenvalue weighted by atomic mass is 9.83. The average Bonchev–Trinajstić information content (AvgIpc) is 3.32. The number of pyridine rings is 1. The van der Waals surface area contributed by atoms with Crippen molar-refractivity contribution in [2.75, 3.05) is 29.9 Å². The molecule has 2 aromatic rings. The number of ether oxygens (including phenoxy) is 3. The number of anilines is 2. The van der Waals surface area contributed by atoms with Crippen molar-refractivity contribution in [1.29, 1.82) is 0 Å². The molecule has 1 saturated heterocycles. The van der Waals surface area contributed by atoms with E-state index in [1.807, 2.05) is 12.1 Å². The van der Waals surface area contributed by atoms with Crippen molar-refractivity contribution in [1.82, 2.24) is 4.98 Å². The predicted molar refractivity (Wildman–Crippen MR) is 109 cm³/mol. The molecule has 4 heterocycles. The number of nitrogens with zero attached hydrogens (tertiary/aromatic N) is 2. The highest BCUT2D eigenvalue weighted by atomic mass is 19.3. The van der Waals surface area contributed by atoms with Crippen LogP contribution in [0.15, 0.2) is 30.3 Å². The van der Waals surface area contributed by atoms with Crippen LogP contribution < -0.4 is 24.4 Å². The highest BCUT2D eigenvalue weighted by molar-refractivity contribution is 5.99. The number of fused-ring (bicyclic) bond motifs is 2. The van der Waals surface area contributed by atoms with E-state index in [4.69, 9.17) is 4.74 Å². The van der Waals surface area contributed by atoms with Crippen LogP contribution >= 0.6 is 0 Å². The Morgan fingerprint density at radius 1 is 1.13 bits per heavy atom. The van der Waals surface area contributed by atoms with Crippen LogP contribution in [0, 0.1) is 5.41 Å². The fraction of sp³-hybridized carbons (Fsp3) is 0.455. The molecule has 0 bridgehead atoms. The molecule has 164 valence electrons. The minimum atomic E-state index is -3.73. The second-order valence-corrected chi connectivity index (χ2v) is 9.25. The van der Waals surface area contributed by atoms with Crippen LogP contribution in [0.1, 0.15) is 32.8 Å². The Morgan fingerprint density at radius 3 is 2.58 bits per heavy atom. The number of nitrogens with one attached hydrogen (secondary N) is 1. The van der Waals surface area contributed by atoms with Gasteiger partial charge in [-0.3, -0.25) is 4.79 Å². The zero-order valence-corrected chi connectivity index (χ0v) is 17.5. The molecule has 0 aliphatic carbocycles. The Kier molecular flexibility index (Phi) is 4.13. The standard InChI is InChI=1S/C22H23F2N3O4/c1-20(2)7-8-27(11-20)18-6-4-5-17(25-18)26-19(28)21(3)12-29-14-10-16-15(9-13(14)21)30-22(23,24)31-16/h4-6,9-10H,7-8,11-12H2,1-3H3,(H,25,26,28)/t21-/m0/s1. The first-order valence-corrected chi connectivity index (χ1v) is 10.2. The molecule has 1 aromatic heterocycles. The monoisotopic (exact) mass is 431 g/mol. The maximum atomic E-state index is 13.4. The Hall–Kier alpha value is -3.10. The summed E-state index contributed by atoms with van der Waals surface area (Å²) in [6.45, 7) is 8.01. The molecule has 3 aliphatic rings. The molecule has 3 aliphatic heterocycles. The van der Waals surface area contributed by atoms with Gasteiger partial charge in [0.2, 0.25) is 5.91 Å². The molecular formula is C22H23F2N3O4. The number of benzene rings is 1. The van der Waals surface area contributed by atoms with Crippen molar-refractivity contribution in [3.8, 4) is 17.2 Å². The van der Waals surface area contributed by atoms with Crippen molar-refractivity contribution in [3.05, 3.63) is 35.9 Å². The van der Waals surface area contributed by atoms with E-state index in [-0.39, 0.29) is 29.4 Å². The van der Waals surface area contributed by atoms with Crippen molar-refractivity contribution >= 4 is 17.5 Å². The number of alkyl halides is 2. The van der Waals surface area contributed by atoms with Gasteiger partial charge in [-0.15, -0.1) is 8.78 Å². The highest BCUT2D eigenvalue weighted by Gasteiger charge is 2.49. The summed E-state index contributed by atoms with van der Waals surface area (Å²) >= 11 is 0. The van der Waals surface area contributed by atoms with E-state index in [0.717, 1.165) is 25.3 Å². The van der Waals surface area contributed by atoms with Crippen LogP contribution in [0.4, 0.5) is 20.4 Å². The lowest BCUT2D eigenvalue weighted by Crippen LogP contribution is -2.39. The zero-order valence-electron chi connectivity index (χ0n) is 17.5. The molecule has 1 aromatic carbocycles. The summed E-state index contributed by atoms with van der Waals surface area (Å²) in [5.74, 6) is 0.972. The van der Waals surface area contributed by atoms with Gasteiger partial charge >= 0.3 is 6.29 Å². The molecule has 1 amide bonds. The summed E-state index contributed by atoms with van der Waals surface area (Å²) in [5.41, 5.74) is -0.413. The smallest absolute Gasteiger partial charge is 0.492 e. The van der Waals surface area contributed by atoms with Crippen molar-refractivity contribution < 1.29 is 27.8 Å². The second-order valence-electron chi connectivity index (χ2n) is 9.25. The first-order chi connectivity index (χ1) is 14.5. The fourth-order valence-corrected chi connectivity index (χ4v) is 4.25. The van der Waals surface area contributed by atoms with Crippen molar-refractivity contribution in [3.63, 3.8) is 0 Å². The summed E-state index contributed by atoms with van der Waals surface area (Å²) in [4.78, 5) is 20.0. The number of carbonyl (C=O) groups is 1. The third kappa shape index (κ3) is 3.41. The molecule has 1 fully saturated rings. The molecule has 0 saturated carbocycles. The maximum Gasteiger partial charge on any atom is 0.586 e. The lowest BCUT2D eigenvalue weighted by Gasteiger charge is -2.23. The molecule has 0 radical (unpaired) electrons. The number of aromatic nitrogens is 1. The largest absolute Gasteiger partial charge is 0.586 e. The predicted octanol–water partition coefficient (Wildman–Crippen LogP) is 3.93. The quantitative estimate of drug-likeness (QED) is 0.794. The summed E-state index contributed by atoms with van der Waals surface area (Å²) in [6, 6.07) is 8.22. The Balaban J connectivity index is 1.37. The van der Waals surface area contributed by atoms with E-state index in [2.05, 4.69) is 38.5 Å². The topological polar surface area (TPSA) is 72.9 Å². The average molecular weight is 431 g/mol. The molecule has 0 unspecified atom stereocenters. The molecule has 31 heavy (non-hydrogen) atoms. The van der Waals surface area contributed by atoms with E-state index < -0.39 is 11.7 Å². The molecular weight excluding hydrogens is 408 g/mol. The van der Waals surface area contributed by atoms with E-state index >= 15 is 0 Å². The number of amides is 1. The fourth-order valence-electron chi connectivity index (χ4n) is 4.25. The van der Waals surface area contributed by atoms with Crippen LogP contribution in [-0.4, -0.2) is 36.9 Å². The Labute approximate surface area is 178 Å². The minimum Gasteiger partial charge on any atom is -0.492 e. The van der Waals surface area contributed by atoms with Gasteiger partial charge in [-0.25, -0.2) is 4.98 Å². The maximum absolute atomic E-state index is 13.4. The zero-order chi connectivity index (χ0) is 22.0. The summed E-state index contributed by atoms with van der Waals surface area (Å²) < 4.78 is 41.4. The lowest BCUT2D eigenvalue weighted by molar-refractivity contribution is -0.286. The van der Waals surface area contributed by atoms with Gasteiger partial charge < -0.3 is 24.4 Å². The van der Waals surface area contributed by atoms with Gasteiger partial charge in [-0.2, -0.15) is 0 Å². The van der Waals surface area contributed by atoms with Crippen LogP contribution in [0.25, 0.3) is 0 Å². The molecule has 0 spiro atoms. The van der Waals surface area contributed by atoms with E-state index in [0.29, 0.717) is 17.1 Å². The van der Waals surface area contributed by atoms with Crippen molar-refractivity contribution in [2.45, 2.75) is 38.9 Å². The normalized spacial score (nSPS) is 24.6. The summed E-state index contributed by atoms with van der Waals surface area (Å²) in [6.07, 6.45) is -2.66. The molecule has 9 heteroatoms.